The van der Waals surface area contributed by atoms with Crippen LogP contribution in [-0.2, 0) is 16.1 Å². The van der Waals surface area contributed by atoms with E-state index in [1.807, 2.05) is 54.6 Å². The van der Waals surface area contributed by atoms with E-state index in [1.165, 1.54) is 4.90 Å². The number of hydrogen-bond donors (Lipinski definition) is 2. The lowest BCUT2D eigenvalue weighted by molar-refractivity contribution is -0.139. The van der Waals surface area contributed by atoms with Crippen molar-refractivity contribution in [2.24, 2.45) is 0 Å². The number of amides is 2. The standard InChI is InChI=1S/C25H24N2O4/c1-3-31-24(29)21-16(2)27(15-17-9-5-4-6-10-17)25(30)26-23(21)22-19-12-8-7-11-18(19)13-14-20(22)28/h4-14,23,28H,3,15H2,1-2H3,(H,26,30). The Morgan fingerprint density at radius 1 is 1.06 bits per heavy atom. The minimum absolute atomic E-state index is 0.00936. The van der Waals surface area contributed by atoms with E-state index in [0.29, 0.717) is 23.4 Å². The van der Waals surface area contributed by atoms with Crippen LogP contribution in [-0.4, -0.2) is 28.6 Å². The molecule has 1 atom stereocenters. The second-order valence-corrected chi connectivity index (χ2v) is 7.39. The molecule has 1 aliphatic rings. The fourth-order valence-corrected chi connectivity index (χ4v) is 4.01. The van der Waals surface area contributed by atoms with Gasteiger partial charge in [-0.2, -0.15) is 0 Å². The largest absolute Gasteiger partial charge is 0.508 e. The summed E-state index contributed by atoms with van der Waals surface area (Å²) in [4.78, 5) is 27.6. The Balaban J connectivity index is 1.86. The average Bonchev–Trinajstić information content (AvgIpc) is 2.77. The van der Waals surface area contributed by atoms with Crippen LogP contribution < -0.4 is 5.32 Å². The van der Waals surface area contributed by atoms with E-state index in [0.717, 1.165) is 16.3 Å². The second-order valence-electron chi connectivity index (χ2n) is 7.39. The van der Waals surface area contributed by atoms with Crippen molar-refractivity contribution >= 4 is 22.8 Å². The summed E-state index contributed by atoms with van der Waals surface area (Å²) in [5, 5.41) is 15.3. The normalized spacial score (nSPS) is 16.4. The highest BCUT2D eigenvalue weighted by Gasteiger charge is 2.38. The molecule has 1 unspecified atom stereocenters. The van der Waals surface area contributed by atoms with Crippen LogP contribution in [0.2, 0.25) is 0 Å². The van der Waals surface area contributed by atoms with Gasteiger partial charge in [0.1, 0.15) is 5.75 Å². The maximum absolute atomic E-state index is 13.1. The van der Waals surface area contributed by atoms with E-state index in [2.05, 4.69) is 5.32 Å². The van der Waals surface area contributed by atoms with E-state index in [4.69, 9.17) is 4.74 Å². The van der Waals surface area contributed by atoms with Gasteiger partial charge in [0, 0.05) is 11.3 Å². The van der Waals surface area contributed by atoms with Gasteiger partial charge >= 0.3 is 12.0 Å². The number of benzene rings is 3. The molecule has 0 aromatic heterocycles. The minimum atomic E-state index is -0.829. The van der Waals surface area contributed by atoms with Crippen LogP contribution >= 0.6 is 0 Å². The quantitative estimate of drug-likeness (QED) is 0.594. The van der Waals surface area contributed by atoms with E-state index in [1.54, 1.807) is 26.0 Å². The first-order chi connectivity index (χ1) is 15.0. The average molecular weight is 416 g/mol. The van der Waals surface area contributed by atoms with Gasteiger partial charge in [-0.05, 0) is 36.2 Å². The molecule has 0 bridgehead atoms. The molecule has 0 fully saturated rings. The number of phenols is 1. The third-order valence-corrected chi connectivity index (χ3v) is 5.51. The van der Waals surface area contributed by atoms with E-state index >= 15 is 0 Å². The molecule has 6 heteroatoms. The van der Waals surface area contributed by atoms with Crippen molar-refractivity contribution in [3.05, 3.63) is 89.1 Å². The Hall–Kier alpha value is -3.80. The van der Waals surface area contributed by atoms with Crippen LogP contribution in [0.4, 0.5) is 4.79 Å². The number of aromatic hydroxyl groups is 1. The Morgan fingerprint density at radius 2 is 1.77 bits per heavy atom. The first-order valence-corrected chi connectivity index (χ1v) is 10.2. The number of hydrogen-bond acceptors (Lipinski definition) is 4. The molecule has 1 aliphatic heterocycles. The second kappa shape index (κ2) is 8.52. The fraction of sp³-hybridized carbons (Fsp3) is 0.200. The van der Waals surface area contributed by atoms with Gasteiger partial charge in [-0.1, -0.05) is 60.7 Å². The summed E-state index contributed by atoms with van der Waals surface area (Å²) in [5.41, 5.74) is 2.23. The van der Waals surface area contributed by atoms with Crippen molar-refractivity contribution in [2.75, 3.05) is 6.61 Å². The number of nitrogens with one attached hydrogen (secondary N) is 1. The number of rotatable bonds is 5. The number of carbonyl (C=O) groups excluding carboxylic acids is 2. The first kappa shape index (κ1) is 20.5. The molecule has 4 rings (SSSR count). The van der Waals surface area contributed by atoms with Crippen LogP contribution in [0, 0.1) is 0 Å². The SMILES string of the molecule is CCOC(=O)C1=C(C)N(Cc2ccccc2)C(=O)NC1c1c(O)ccc2ccccc12. The lowest BCUT2D eigenvalue weighted by Gasteiger charge is -2.36. The van der Waals surface area contributed by atoms with Crippen molar-refractivity contribution in [3.63, 3.8) is 0 Å². The summed E-state index contributed by atoms with van der Waals surface area (Å²) in [5.74, 6) is -0.509. The molecule has 31 heavy (non-hydrogen) atoms. The van der Waals surface area contributed by atoms with Crippen LogP contribution in [0.15, 0.2) is 78.0 Å². The van der Waals surface area contributed by atoms with Gasteiger partial charge in [0.05, 0.1) is 24.8 Å². The molecule has 0 saturated heterocycles. The molecule has 158 valence electrons. The zero-order valence-corrected chi connectivity index (χ0v) is 17.5. The van der Waals surface area contributed by atoms with Gasteiger partial charge in [0.15, 0.2) is 0 Å². The monoisotopic (exact) mass is 416 g/mol. The number of esters is 1. The summed E-state index contributed by atoms with van der Waals surface area (Å²) >= 11 is 0. The van der Waals surface area contributed by atoms with Crippen molar-refractivity contribution in [1.82, 2.24) is 10.2 Å². The summed E-state index contributed by atoms with van der Waals surface area (Å²) in [7, 11) is 0. The molecule has 0 saturated carbocycles. The number of nitrogens with zero attached hydrogens (tertiary/aromatic N) is 1. The van der Waals surface area contributed by atoms with Crippen LogP contribution in [0.1, 0.15) is 31.0 Å². The van der Waals surface area contributed by atoms with Crippen molar-refractivity contribution < 1.29 is 19.4 Å². The first-order valence-electron chi connectivity index (χ1n) is 10.2. The highest BCUT2D eigenvalue weighted by molar-refractivity contribution is 5.98. The number of allylic oxidation sites excluding steroid dienone is 1. The fourth-order valence-electron chi connectivity index (χ4n) is 4.01. The molecule has 0 spiro atoms. The molecule has 2 amide bonds. The Morgan fingerprint density at radius 3 is 2.52 bits per heavy atom. The van der Waals surface area contributed by atoms with Crippen LogP contribution in [0.5, 0.6) is 5.75 Å². The molecule has 1 heterocycles. The number of phenolic OH excluding ortho intramolecular Hbond substituents is 1. The van der Waals surface area contributed by atoms with Gasteiger partial charge in [-0.3, -0.25) is 4.90 Å². The van der Waals surface area contributed by atoms with Gasteiger partial charge < -0.3 is 15.2 Å². The highest BCUT2D eigenvalue weighted by Crippen LogP contribution is 2.40. The van der Waals surface area contributed by atoms with Crippen LogP contribution in [0.3, 0.4) is 0 Å². The topological polar surface area (TPSA) is 78.9 Å². The molecular formula is C25H24N2O4. The van der Waals surface area contributed by atoms with Crippen molar-refractivity contribution in [1.29, 1.82) is 0 Å². The maximum Gasteiger partial charge on any atom is 0.338 e. The number of carbonyl (C=O) groups is 2. The summed E-state index contributed by atoms with van der Waals surface area (Å²) in [6.45, 7) is 4.00. The molecular weight excluding hydrogens is 392 g/mol. The third-order valence-electron chi connectivity index (χ3n) is 5.51. The Kier molecular flexibility index (Phi) is 5.62. The van der Waals surface area contributed by atoms with Gasteiger partial charge in [-0.15, -0.1) is 0 Å². The van der Waals surface area contributed by atoms with Crippen molar-refractivity contribution in [3.8, 4) is 5.75 Å². The number of urea groups is 1. The van der Waals surface area contributed by atoms with Gasteiger partial charge in [-0.25, -0.2) is 9.59 Å². The summed E-state index contributed by atoms with van der Waals surface area (Å²) < 4.78 is 5.33. The summed E-state index contributed by atoms with van der Waals surface area (Å²) in [6.07, 6.45) is 0. The lowest BCUT2D eigenvalue weighted by atomic mass is 9.90. The summed E-state index contributed by atoms with van der Waals surface area (Å²) in [6, 6.07) is 19.3. The van der Waals surface area contributed by atoms with E-state index in [-0.39, 0.29) is 18.4 Å². The Labute approximate surface area is 180 Å². The zero-order valence-electron chi connectivity index (χ0n) is 17.5. The predicted octanol–water partition coefficient (Wildman–Crippen LogP) is 4.65. The van der Waals surface area contributed by atoms with Gasteiger partial charge in [0.25, 0.3) is 0 Å². The smallest absolute Gasteiger partial charge is 0.338 e. The zero-order chi connectivity index (χ0) is 22.0. The maximum atomic E-state index is 13.1. The molecule has 6 nitrogen and oxygen atoms in total. The Bertz CT molecular complexity index is 1170. The molecule has 2 N–H and O–H groups in total. The molecule has 3 aromatic rings. The molecule has 3 aromatic carbocycles. The lowest BCUT2D eigenvalue weighted by Crippen LogP contribution is -2.47. The van der Waals surface area contributed by atoms with Gasteiger partial charge in [0.2, 0.25) is 0 Å². The molecule has 0 radical (unpaired) electrons. The predicted molar refractivity (Wildman–Crippen MR) is 118 cm³/mol. The minimum Gasteiger partial charge on any atom is -0.508 e. The van der Waals surface area contributed by atoms with E-state index in [9.17, 15) is 14.7 Å². The molecule has 0 aliphatic carbocycles. The van der Waals surface area contributed by atoms with Crippen molar-refractivity contribution in [2.45, 2.75) is 26.4 Å². The third kappa shape index (κ3) is 3.84. The van der Waals surface area contributed by atoms with E-state index < -0.39 is 12.0 Å². The number of ether oxygens (including phenoxy) is 1. The number of fused-ring (bicyclic) bond motifs is 1. The highest BCUT2D eigenvalue weighted by atomic mass is 16.5. The van der Waals surface area contributed by atoms with Crippen LogP contribution in [0.25, 0.3) is 10.8 Å².